The highest BCUT2D eigenvalue weighted by molar-refractivity contribution is 7.89. The van der Waals surface area contributed by atoms with Gasteiger partial charge in [-0.3, -0.25) is 4.79 Å². The number of sulfonamides is 1. The van der Waals surface area contributed by atoms with E-state index in [1.807, 2.05) is 73.7 Å². The van der Waals surface area contributed by atoms with Crippen LogP contribution >= 0.6 is 12.2 Å². The minimum Gasteiger partial charge on any atom is -0.468 e. The number of allylic oxidation sites excluding steroid dienone is 3. The monoisotopic (exact) mass is 618 g/mol. The molecule has 226 valence electrons. The number of nitrogens with two attached hydrogens (primary N) is 1. The Hall–Kier alpha value is -3.99. The summed E-state index contributed by atoms with van der Waals surface area (Å²) in [6.45, 7) is 7.54. The van der Waals surface area contributed by atoms with Crippen molar-refractivity contribution in [3.05, 3.63) is 101 Å². The molecule has 0 bridgehead atoms. The summed E-state index contributed by atoms with van der Waals surface area (Å²) in [5.74, 6) is -0.504. The molecule has 2 atom stereocenters. The molecule has 0 heterocycles. The Balaban J connectivity index is 1.50. The van der Waals surface area contributed by atoms with Gasteiger partial charge in [-0.05, 0) is 98.3 Å². The molecule has 3 aromatic rings. The molecular weight excluding hydrogens is 581 g/mol. The van der Waals surface area contributed by atoms with Crippen LogP contribution in [-0.2, 0) is 19.6 Å². The summed E-state index contributed by atoms with van der Waals surface area (Å²) in [6, 6.07) is 18.0. The van der Waals surface area contributed by atoms with Crippen molar-refractivity contribution in [1.82, 2.24) is 4.72 Å². The Kier molecular flexibility index (Phi) is 10.1. The fourth-order valence-corrected chi connectivity index (χ4v) is 7.43. The van der Waals surface area contributed by atoms with Crippen LogP contribution in [-0.4, -0.2) is 32.7 Å². The highest BCUT2D eigenvalue weighted by atomic mass is 32.2. The SMILES string of the molecule is COC(=O)[C@H](CC1=CC=C(c2cccc(NC(=S)Nc3ccccc3N)c2)C(C)C1)NS(=O)(=O)c1c(C)cc(C)cc1C. The number of methoxy groups -OCH3 is 1. The lowest BCUT2D eigenvalue weighted by Gasteiger charge is -2.25. The first-order valence-corrected chi connectivity index (χ1v) is 15.9. The number of nitrogen functional groups attached to an aromatic ring is 1. The molecule has 3 aromatic carbocycles. The van der Waals surface area contributed by atoms with E-state index in [9.17, 15) is 13.2 Å². The Labute approximate surface area is 259 Å². The lowest BCUT2D eigenvalue weighted by atomic mass is 9.83. The van der Waals surface area contributed by atoms with Crippen molar-refractivity contribution < 1.29 is 17.9 Å². The summed E-state index contributed by atoms with van der Waals surface area (Å²) < 4.78 is 34.4. The number of ether oxygens (including phenoxy) is 1. The summed E-state index contributed by atoms with van der Waals surface area (Å²) >= 11 is 5.49. The largest absolute Gasteiger partial charge is 0.468 e. The second-order valence-electron chi connectivity index (χ2n) is 10.9. The van der Waals surface area contributed by atoms with Crippen LogP contribution in [0, 0.1) is 26.7 Å². The van der Waals surface area contributed by atoms with E-state index in [1.165, 1.54) is 7.11 Å². The summed E-state index contributed by atoms with van der Waals surface area (Å²) in [5.41, 5.74) is 13.5. The van der Waals surface area contributed by atoms with Gasteiger partial charge in [-0.15, -0.1) is 0 Å². The van der Waals surface area contributed by atoms with E-state index in [0.29, 0.717) is 28.3 Å². The smallest absolute Gasteiger partial charge is 0.324 e. The van der Waals surface area contributed by atoms with Gasteiger partial charge in [-0.25, -0.2) is 8.42 Å². The average Bonchev–Trinajstić information content (AvgIpc) is 2.93. The molecule has 0 radical (unpaired) electrons. The van der Waals surface area contributed by atoms with Crippen molar-refractivity contribution in [2.24, 2.45) is 5.92 Å². The Morgan fingerprint density at radius 3 is 2.37 bits per heavy atom. The molecule has 0 fully saturated rings. The van der Waals surface area contributed by atoms with Crippen LogP contribution in [0.25, 0.3) is 5.57 Å². The van der Waals surface area contributed by atoms with Crippen LogP contribution in [0.3, 0.4) is 0 Å². The number of anilines is 3. The molecule has 0 saturated heterocycles. The van der Waals surface area contributed by atoms with Gasteiger partial charge >= 0.3 is 5.97 Å². The molecule has 1 aliphatic carbocycles. The molecule has 43 heavy (non-hydrogen) atoms. The quantitative estimate of drug-likeness (QED) is 0.126. The molecule has 0 amide bonds. The van der Waals surface area contributed by atoms with E-state index in [0.717, 1.165) is 33.6 Å². The van der Waals surface area contributed by atoms with Crippen molar-refractivity contribution in [1.29, 1.82) is 0 Å². The maximum atomic E-state index is 13.4. The number of thiocarbonyl (C=S) groups is 1. The molecule has 5 N–H and O–H groups in total. The molecule has 0 aromatic heterocycles. The Bertz CT molecular complexity index is 1690. The predicted octanol–water partition coefficient (Wildman–Crippen LogP) is 6.26. The highest BCUT2D eigenvalue weighted by Crippen LogP contribution is 2.35. The number of carbonyl (C=O) groups is 1. The fraction of sp³-hybridized carbons (Fsp3) is 0.273. The number of rotatable bonds is 9. The number of para-hydroxylation sites is 2. The van der Waals surface area contributed by atoms with Gasteiger partial charge in [0.1, 0.15) is 6.04 Å². The minimum absolute atomic E-state index is 0.126. The van der Waals surface area contributed by atoms with Gasteiger partial charge in [0.25, 0.3) is 0 Å². The van der Waals surface area contributed by atoms with Crippen LogP contribution < -0.4 is 21.1 Å². The maximum Gasteiger partial charge on any atom is 0.324 e. The Morgan fingerprint density at radius 2 is 1.72 bits per heavy atom. The van der Waals surface area contributed by atoms with Gasteiger partial charge in [0.15, 0.2) is 5.11 Å². The first kappa shape index (κ1) is 31.9. The van der Waals surface area contributed by atoms with Crippen LogP contribution in [0.5, 0.6) is 0 Å². The third kappa shape index (κ3) is 7.90. The number of benzene rings is 3. The first-order chi connectivity index (χ1) is 20.4. The molecule has 0 spiro atoms. The van der Waals surface area contributed by atoms with Gasteiger partial charge in [0, 0.05) is 5.69 Å². The molecule has 10 heteroatoms. The van der Waals surface area contributed by atoms with E-state index in [-0.39, 0.29) is 17.2 Å². The lowest BCUT2D eigenvalue weighted by molar-refractivity contribution is -0.142. The number of carbonyl (C=O) groups excluding carboxylic acids is 1. The maximum absolute atomic E-state index is 13.4. The number of esters is 1. The second kappa shape index (κ2) is 13.5. The van der Waals surface area contributed by atoms with Crippen molar-refractivity contribution in [3.8, 4) is 0 Å². The van der Waals surface area contributed by atoms with Gasteiger partial charge < -0.3 is 21.1 Å². The van der Waals surface area contributed by atoms with Crippen LogP contribution in [0.15, 0.2) is 83.3 Å². The summed E-state index contributed by atoms with van der Waals surface area (Å²) in [7, 11) is -2.71. The third-order valence-corrected chi connectivity index (χ3v) is 9.36. The number of nitrogens with one attached hydrogen (secondary N) is 3. The highest BCUT2D eigenvalue weighted by Gasteiger charge is 2.30. The van der Waals surface area contributed by atoms with E-state index in [4.69, 9.17) is 22.7 Å². The molecule has 4 rings (SSSR count). The number of hydrogen-bond acceptors (Lipinski definition) is 6. The van der Waals surface area contributed by atoms with E-state index >= 15 is 0 Å². The van der Waals surface area contributed by atoms with E-state index in [1.54, 1.807) is 19.9 Å². The standard InChI is InChI=1S/C33H38N4O4S2/c1-20-15-22(3)31(23(4)16-20)43(39,40)37-30(32(38)41-5)18-24-13-14-27(21(2)17-24)25-9-8-10-26(19-25)35-33(42)36-29-12-7-6-11-28(29)34/h6-16,19,21,30,37H,17-18,34H2,1-5H3,(H2,35,36,42)/t21?,30-/m0/s1. The van der Waals surface area contributed by atoms with Crippen molar-refractivity contribution in [3.63, 3.8) is 0 Å². The fourth-order valence-electron chi connectivity index (χ4n) is 5.56. The molecule has 8 nitrogen and oxygen atoms in total. The summed E-state index contributed by atoms with van der Waals surface area (Å²) in [5, 5.41) is 6.77. The van der Waals surface area contributed by atoms with Gasteiger partial charge in [-0.1, -0.05) is 66.6 Å². The van der Waals surface area contributed by atoms with Gasteiger partial charge in [-0.2, -0.15) is 4.72 Å². The summed E-state index contributed by atoms with van der Waals surface area (Å²) in [6.07, 6.45) is 4.86. The van der Waals surface area contributed by atoms with Gasteiger partial charge in [0.05, 0.1) is 23.4 Å². The molecular formula is C33H38N4O4S2. The van der Waals surface area contributed by atoms with E-state index < -0.39 is 22.0 Å². The predicted molar refractivity (Wildman–Crippen MR) is 178 cm³/mol. The summed E-state index contributed by atoms with van der Waals surface area (Å²) in [4.78, 5) is 12.9. The third-order valence-electron chi connectivity index (χ3n) is 7.38. The van der Waals surface area contributed by atoms with Gasteiger partial charge in [0.2, 0.25) is 10.0 Å². The zero-order chi connectivity index (χ0) is 31.3. The first-order valence-electron chi connectivity index (χ1n) is 14.0. The Morgan fingerprint density at radius 1 is 1.02 bits per heavy atom. The van der Waals surface area contributed by atoms with Crippen molar-refractivity contribution in [2.45, 2.75) is 51.5 Å². The average molecular weight is 619 g/mol. The lowest BCUT2D eigenvalue weighted by Crippen LogP contribution is -2.42. The molecule has 0 aliphatic heterocycles. The topological polar surface area (TPSA) is 123 Å². The van der Waals surface area contributed by atoms with Crippen LogP contribution in [0.4, 0.5) is 17.1 Å². The molecule has 1 unspecified atom stereocenters. The van der Waals surface area contributed by atoms with E-state index in [2.05, 4.69) is 22.3 Å². The molecule has 0 saturated carbocycles. The zero-order valence-corrected chi connectivity index (χ0v) is 26.7. The van der Waals surface area contributed by atoms with Crippen LogP contribution in [0.2, 0.25) is 0 Å². The van der Waals surface area contributed by atoms with Crippen molar-refractivity contribution >= 4 is 56.0 Å². The number of hydrogen-bond donors (Lipinski definition) is 4. The molecule has 1 aliphatic rings. The van der Waals surface area contributed by atoms with Crippen LogP contribution in [0.1, 0.15) is 42.0 Å². The minimum atomic E-state index is -3.97. The normalized spacial score (nSPS) is 15.6. The van der Waals surface area contributed by atoms with Crippen molar-refractivity contribution in [2.75, 3.05) is 23.5 Å². The number of aryl methyl sites for hydroxylation is 3. The zero-order valence-electron chi connectivity index (χ0n) is 25.0. The second-order valence-corrected chi connectivity index (χ2v) is 13.0.